The lowest BCUT2D eigenvalue weighted by molar-refractivity contribution is -0.124. The summed E-state index contributed by atoms with van der Waals surface area (Å²) in [6.07, 6.45) is 3.01. The molecule has 1 saturated heterocycles. The summed E-state index contributed by atoms with van der Waals surface area (Å²) < 4.78 is 0. The summed E-state index contributed by atoms with van der Waals surface area (Å²) in [4.78, 5) is 45.8. The van der Waals surface area contributed by atoms with Crippen LogP contribution in [0.3, 0.4) is 0 Å². The summed E-state index contributed by atoms with van der Waals surface area (Å²) in [7, 11) is 0. The van der Waals surface area contributed by atoms with E-state index in [2.05, 4.69) is 10.3 Å². The van der Waals surface area contributed by atoms with E-state index >= 15 is 0 Å². The number of benzene rings is 1. The van der Waals surface area contributed by atoms with Crippen LogP contribution in [0.1, 0.15) is 28.8 Å². The van der Waals surface area contributed by atoms with Crippen LogP contribution in [-0.2, 0) is 9.59 Å². The number of anilines is 2. The van der Waals surface area contributed by atoms with Gasteiger partial charge in [-0.2, -0.15) is 0 Å². The first-order valence-electron chi connectivity index (χ1n) is 8.99. The number of nitrogens with zero attached hydrogens (tertiary/aromatic N) is 3. The van der Waals surface area contributed by atoms with Crippen molar-refractivity contribution in [3.63, 3.8) is 0 Å². The van der Waals surface area contributed by atoms with Crippen LogP contribution in [0.25, 0.3) is 0 Å². The molecule has 1 atom stereocenters. The van der Waals surface area contributed by atoms with Crippen molar-refractivity contribution in [3.8, 4) is 0 Å². The van der Waals surface area contributed by atoms with Gasteiger partial charge in [-0.05, 0) is 43.5 Å². The van der Waals surface area contributed by atoms with Crippen molar-refractivity contribution in [3.05, 3.63) is 53.7 Å². The van der Waals surface area contributed by atoms with E-state index in [4.69, 9.17) is 0 Å². The van der Waals surface area contributed by atoms with Crippen LogP contribution in [0.15, 0.2) is 42.6 Å². The standard InChI is InChI=1S/C20H20N4O3/c1-13-6-4-10-21-18(13)22-17(25)12-24-15-8-3-2-7-14(15)19(26)23-11-5-9-16(23)20(24)27/h2-4,6-8,10,16H,5,9,11-12H2,1H3,(H,21,22,25)/t16-/m0/s1. The molecule has 1 fully saturated rings. The van der Waals surface area contributed by atoms with E-state index in [0.717, 1.165) is 12.0 Å². The number of fused-ring (bicyclic) bond motifs is 2. The van der Waals surface area contributed by atoms with Gasteiger partial charge in [0.1, 0.15) is 18.4 Å². The average molecular weight is 364 g/mol. The van der Waals surface area contributed by atoms with Crippen LogP contribution >= 0.6 is 0 Å². The molecule has 0 bridgehead atoms. The van der Waals surface area contributed by atoms with Gasteiger partial charge in [0.25, 0.3) is 5.91 Å². The van der Waals surface area contributed by atoms with Crippen molar-refractivity contribution in [2.75, 3.05) is 23.3 Å². The maximum Gasteiger partial charge on any atom is 0.256 e. The van der Waals surface area contributed by atoms with Gasteiger partial charge in [0.05, 0.1) is 11.3 Å². The number of nitrogens with one attached hydrogen (secondary N) is 1. The molecule has 0 aliphatic carbocycles. The molecule has 3 amide bonds. The summed E-state index contributed by atoms with van der Waals surface area (Å²) in [5, 5.41) is 2.76. The van der Waals surface area contributed by atoms with E-state index < -0.39 is 6.04 Å². The number of hydrogen-bond donors (Lipinski definition) is 1. The molecule has 4 rings (SSSR count). The van der Waals surface area contributed by atoms with Gasteiger partial charge in [0.2, 0.25) is 11.8 Å². The smallest absolute Gasteiger partial charge is 0.256 e. The predicted octanol–water partition coefficient (Wildman–Crippen LogP) is 1.98. The lowest BCUT2D eigenvalue weighted by atomic mass is 10.1. The fourth-order valence-corrected chi connectivity index (χ4v) is 3.70. The Kier molecular flexibility index (Phi) is 4.35. The first kappa shape index (κ1) is 17.2. The lowest BCUT2D eigenvalue weighted by Crippen LogP contribution is -2.47. The molecular weight excluding hydrogens is 344 g/mol. The van der Waals surface area contributed by atoms with E-state index in [-0.39, 0.29) is 24.3 Å². The number of aryl methyl sites for hydroxylation is 1. The second-order valence-electron chi connectivity index (χ2n) is 6.82. The second kappa shape index (κ2) is 6.83. The number of rotatable bonds is 3. The van der Waals surface area contributed by atoms with Crippen LogP contribution in [0.2, 0.25) is 0 Å². The third-order valence-corrected chi connectivity index (χ3v) is 5.06. The lowest BCUT2D eigenvalue weighted by Gasteiger charge is -2.25. The SMILES string of the molecule is Cc1cccnc1NC(=O)CN1C(=O)[C@@H]2CCCN2C(=O)c2ccccc21. The minimum atomic E-state index is -0.505. The highest BCUT2D eigenvalue weighted by Gasteiger charge is 2.42. The van der Waals surface area contributed by atoms with Gasteiger partial charge in [0.15, 0.2) is 0 Å². The minimum Gasteiger partial charge on any atom is -0.327 e. The molecule has 27 heavy (non-hydrogen) atoms. The molecule has 7 nitrogen and oxygen atoms in total. The van der Waals surface area contributed by atoms with Crippen LogP contribution in [0.5, 0.6) is 0 Å². The average Bonchev–Trinajstić information content (AvgIpc) is 3.14. The highest BCUT2D eigenvalue weighted by molar-refractivity contribution is 6.13. The summed E-state index contributed by atoms with van der Waals surface area (Å²) in [6.45, 7) is 2.25. The highest BCUT2D eigenvalue weighted by Crippen LogP contribution is 2.32. The maximum atomic E-state index is 13.1. The normalized spacial score (nSPS) is 18.8. The topological polar surface area (TPSA) is 82.6 Å². The molecule has 2 aliphatic heterocycles. The Balaban J connectivity index is 1.65. The molecule has 2 aromatic rings. The number of pyridine rings is 1. The third-order valence-electron chi connectivity index (χ3n) is 5.06. The molecule has 1 aromatic carbocycles. The van der Waals surface area contributed by atoms with Crippen LogP contribution < -0.4 is 10.2 Å². The fraction of sp³-hybridized carbons (Fsp3) is 0.300. The molecule has 0 saturated carbocycles. The van der Waals surface area contributed by atoms with E-state index in [9.17, 15) is 14.4 Å². The Morgan fingerprint density at radius 1 is 1.22 bits per heavy atom. The van der Waals surface area contributed by atoms with Gasteiger partial charge in [0, 0.05) is 12.7 Å². The molecule has 0 spiro atoms. The Bertz CT molecular complexity index is 927. The number of hydrogen-bond acceptors (Lipinski definition) is 4. The number of para-hydroxylation sites is 1. The number of aromatic nitrogens is 1. The molecule has 0 unspecified atom stereocenters. The zero-order chi connectivity index (χ0) is 19.0. The molecule has 3 heterocycles. The number of carbonyl (C=O) groups excluding carboxylic acids is 3. The van der Waals surface area contributed by atoms with Crippen molar-refractivity contribution in [2.24, 2.45) is 0 Å². The molecular formula is C20H20N4O3. The van der Waals surface area contributed by atoms with E-state index in [1.54, 1.807) is 41.4 Å². The zero-order valence-corrected chi connectivity index (χ0v) is 15.0. The monoisotopic (exact) mass is 364 g/mol. The highest BCUT2D eigenvalue weighted by atomic mass is 16.2. The minimum absolute atomic E-state index is 0.148. The molecule has 138 valence electrons. The van der Waals surface area contributed by atoms with Gasteiger partial charge in [-0.15, -0.1) is 0 Å². The van der Waals surface area contributed by atoms with Crippen LogP contribution in [0, 0.1) is 6.92 Å². The summed E-state index contributed by atoms with van der Waals surface area (Å²) >= 11 is 0. The van der Waals surface area contributed by atoms with Crippen LogP contribution in [0.4, 0.5) is 11.5 Å². The molecule has 7 heteroatoms. The number of carbonyl (C=O) groups is 3. The Morgan fingerprint density at radius 3 is 2.85 bits per heavy atom. The summed E-state index contributed by atoms with van der Waals surface area (Å²) in [6, 6.07) is 10.1. The van der Waals surface area contributed by atoms with Gasteiger partial charge < -0.3 is 15.1 Å². The van der Waals surface area contributed by atoms with E-state index in [1.165, 1.54) is 4.90 Å². The molecule has 1 aromatic heterocycles. The van der Waals surface area contributed by atoms with Gasteiger partial charge in [-0.25, -0.2) is 4.98 Å². The van der Waals surface area contributed by atoms with Crippen molar-refractivity contribution in [1.82, 2.24) is 9.88 Å². The molecule has 2 aliphatic rings. The second-order valence-corrected chi connectivity index (χ2v) is 6.82. The first-order valence-corrected chi connectivity index (χ1v) is 8.99. The van der Waals surface area contributed by atoms with Crippen molar-refractivity contribution in [1.29, 1.82) is 0 Å². The van der Waals surface area contributed by atoms with Gasteiger partial charge in [-0.3, -0.25) is 14.4 Å². The van der Waals surface area contributed by atoms with Gasteiger partial charge >= 0.3 is 0 Å². The van der Waals surface area contributed by atoms with Crippen molar-refractivity contribution < 1.29 is 14.4 Å². The molecule has 1 N–H and O–H groups in total. The zero-order valence-electron chi connectivity index (χ0n) is 15.0. The van der Waals surface area contributed by atoms with Crippen molar-refractivity contribution in [2.45, 2.75) is 25.8 Å². The van der Waals surface area contributed by atoms with Crippen molar-refractivity contribution >= 4 is 29.2 Å². The van der Waals surface area contributed by atoms with E-state index in [0.29, 0.717) is 30.0 Å². The first-order chi connectivity index (χ1) is 13.1. The van der Waals surface area contributed by atoms with Crippen LogP contribution in [-0.4, -0.2) is 46.7 Å². The maximum absolute atomic E-state index is 13.1. The summed E-state index contributed by atoms with van der Waals surface area (Å²) in [5.41, 5.74) is 1.78. The largest absolute Gasteiger partial charge is 0.327 e. The molecule has 0 radical (unpaired) electrons. The Labute approximate surface area is 157 Å². The predicted molar refractivity (Wildman–Crippen MR) is 100 cm³/mol. The Hall–Kier alpha value is -3.22. The quantitative estimate of drug-likeness (QED) is 0.903. The van der Waals surface area contributed by atoms with Gasteiger partial charge in [-0.1, -0.05) is 18.2 Å². The Morgan fingerprint density at radius 2 is 2.04 bits per heavy atom. The summed E-state index contributed by atoms with van der Waals surface area (Å²) in [5.74, 6) is -0.237. The number of amides is 3. The third kappa shape index (κ3) is 3.05. The van der Waals surface area contributed by atoms with E-state index in [1.807, 2.05) is 13.0 Å². The fourth-order valence-electron chi connectivity index (χ4n) is 3.70.